The van der Waals surface area contributed by atoms with Crippen molar-refractivity contribution in [3.05, 3.63) is 58.3 Å². The van der Waals surface area contributed by atoms with Crippen LogP contribution in [0.15, 0.2) is 52.6 Å². The Balaban J connectivity index is 1.79. The zero-order valence-electron chi connectivity index (χ0n) is 11.8. The molecule has 1 amide bonds. The molecule has 0 fully saturated rings. The van der Waals surface area contributed by atoms with Gasteiger partial charge in [0.1, 0.15) is 11.5 Å². The number of likely N-dealkylation sites (N-methyl/N-ethyl adjacent to an activating group) is 1. The predicted molar refractivity (Wildman–Crippen MR) is 83.3 cm³/mol. The van der Waals surface area contributed by atoms with Gasteiger partial charge in [-0.25, -0.2) is 4.79 Å². The second-order valence-corrected chi connectivity index (χ2v) is 5.50. The summed E-state index contributed by atoms with van der Waals surface area (Å²) in [6.45, 7) is -0.157. The van der Waals surface area contributed by atoms with E-state index in [-0.39, 0.29) is 12.5 Å². The Morgan fingerprint density at radius 2 is 1.95 bits per heavy atom. The third kappa shape index (κ3) is 2.68. The molecule has 0 N–H and O–H groups in total. The quantitative estimate of drug-likeness (QED) is 0.724. The number of hydrogen-bond donors (Lipinski definition) is 0. The van der Waals surface area contributed by atoms with Crippen molar-refractivity contribution in [2.24, 2.45) is 0 Å². The van der Waals surface area contributed by atoms with E-state index in [2.05, 4.69) is 10.4 Å². The molecule has 1 aromatic carbocycles. The largest absolute Gasteiger partial charge is 0.369 e. The second kappa shape index (κ2) is 5.94. The standard InChI is InChI=1S/C14H13N5O2S/c1-17(11-6-3-2-4-7-11)12(20)10-18-14(21)19(16-15-18)13-8-5-9-22-13/h2-9H,10H2,1H3. The fourth-order valence-corrected chi connectivity index (χ4v) is 2.60. The van der Waals surface area contributed by atoms with Crippen LogP contribution in [0.1, 0.15) is 0 Å². The summed E-state index contributed by atoms with van der Waals surface area (Å²) in [7, 11) is 1.66. The van der Waals surface area contributed by atoms with Crippen LogP contribution < -0.4 is 10.6 Å². The van der Waals surface area contributed by atoms with Crippen molar-refractivity contribution in [3.8, 4) is 5.00 Å². The Bertz CT molecular complexity index is 823. The lowest BCUT2D eigenvalue weighted by molar-refractivity contribution is -0.119. The highest BCUT2D eigenvalue weighted by Gasteiger charge is 2.16. The van der Waals surface area contributed by atoms with E-state index in [4.69, 9.17) is 0 Å². The van der Waals surface area contributed by atoms with Crippen LogP contribution in [0.5, 0.6) is 0 Å². The number of aromatic nitrogens is 4. The Morgan fingerprint density at radius 3 is 2.64 bits per heavy atom. The minimum atomic E-state index is -0.433. The van der Waals surface area contributed by atoms with Gasteiger partial charge in [0, 0.05) is 12.7 Å². The molecular weight excluding hydrogens is 302 g/mol. The van der Waals surface area contributed by atoms with Crippen LogP contribution in [0.25, 0.3) is 5.00 Å². The van der Waals surface area contributed by atoms with Crippen molar-refractivity contribution >= 4 is 22.9 Å². The third-order valence-corrected chi connectivity index (χ3v) is 4.00. The van der Waals surface area contributed by atoms with Gasteiger partial charge < -0.3 is 4.90 Å². The summed E-state index contributed by atoms with van der Waals surface area (Å²) in [6.07, 6.45) is 0. The van der Waals surface area contributed by atoms with Gasteiger partial charge in [0.25, 0.3) is 0 Å². The monoisotopic (exact) mass is 315 g/mol. The van der Waals surface area contributed by atoms with Gasteiger partial charge in [0.2, 0.25) is 5.91 Å². The van der Waals surface area contributed by atoms with Gasteiger partial charge in [0.15, 0.2) is 0 Å². The molecule has 0 saturated heterocycles. The van der Waals surface area contributed by atoms with Gasteiger partial charge in [-0.15, -0.1) is 11.3 Å². The Morgan fingerprint density at radius 1 is 1.18 bits per heavy atom. The van der Waals surface area contributed by atoms with Crippen LogP contribution in [0.3, 0.4) is 0 Å². The maximum Gasteiger partial charge on any atom is 0.369 e. The maximum atomic E-state index is 12.3. The lowest BCUT2D eigenvalue weighted by atomic mass is 10.3. The van der Waals surface area contributed by atoms with Crippen LogP contribution >= 0.6 is 11.3 Å². The number of carbonyl (C=O) groups is 1. The molecule has 112 valence electrons. The fourth-order valence-electron chi connectivity index (χ4n) is 1.93. The first-order valence-electron chi connectivity index (χ1n) is 6.55. The van der Waals surface area contributed by atoms with Crippen molar-refractivity contribution in [3.63, 3.8) is 0 Å². The van der Waals surface area contributed by atoms with E-state index in [0.29, 0.717) is 5.00 Å². The second-order valence-electron chi connectivity index (χ2n) is 4.57. The first kappa shape index (κ1) is 14.2. The van der Waals surface area contributed by atoms with E-state index in [1.54, 1.807) is 13.1 Å². The topological polar surface area (TPSA) is 73.0 Å². The average molecular weight is 315 g/mol. The maximum absolute atomic E-state index is 12.3. The smallest absolute Gasteiger partial charge is 0.314 e. The van der Waals surface area contributed by atoms with Crippen molar-refractivity contribution < 1.29 is 4.79 Å². The van der Waals surface area contributed by atoms with Crippen LogP contribution in [0.2, 0.25) is 0 Å². The Labute approximate surface area is 130 Å². The van der Waals surface area contributed by atoms with E-state index in [1.807, 2.05) is 41.8 Å². The number of carbonyl (C=O) groups excluding carboxylic acids is 1. The first-order valence-corrected chi connectivity index (χ1v) is 7.43. The van der Waals surface area contributed by atoms with Crippen LogP contribution in [-0.2, 0) is 11.3 Å². The molecule has 0 saturated carbocycles. The summed E-state index contributed by atoms with van der Waals surface area (Å²) in [6, 6.07) is 12.8. The minimum absolute atomic E-state index is 0.157. The van der Waals surface area contributed by atoms with Gasteiger partial charge in [-0.3, -0.25) is 4.79 Å². The first-order chi connectivity index (χ1) is 10.7. The molecule has 3 aromatic rings. The number of rotatable bonds is 4. The summed E-state index contributed by atoms with van der Waals surface area (Å²) in [4.78, 5) is 25.9. The van der Waals surface area contributed by atoms with Gasteiger partial charge in [0.05, 0.1) is 0 Å². The molecule has 0 aliphatic carbocycles. The summed E-state index contributed by atoms with van der Waals surface area (Å²) < 4.78 is 2.24. The SMILES string of the molecule is CN(C(=O)Cn1nnn(-c2cccs2)c1=O)c1ccccc1. The van der Waals surface area contributed by atoms with Crippen molar-refractivity contribution in [2.45, 2.75) is 6.54 Å². The summed E-state index contributed by atoms with van der Waals surface area (Å²) >= 11 is 1.38. The number of thiophene rings is 1. The van der Waals surface area contributed by atoms with Gasteiger partial charge in [-0.1, -0.05) is 18.2 Å². The molecule has 2 heterocycles. The van der Waals surface area contributed by atoms with Crippen molar-refractivity contribution in [2.75, 3.05) is 11.9 Å². The molecule has 0 radical (unpaired) electrons. The van der Waals surface area contributed by atoms with Crippen LogP contribution in [0, 0.1) is 0 Å². The fraction of sp³-hybridized carbons (Fsp3) is 0.143. The highest BCUT2D eigenvalue weighted by molar-refractivity contribution is 7.12. The van der Waals surface area contributed by atoms with Gasteiger partial charge in [-0.2, -0.15) is 9.36 Å². The summed E-state index contributed by atoms with van der Waals surface area (Å²) in [5, 5.41) is 10.1. The minimum Gasteiger partial charge on any atom is -0.314 e. The number of benzene rings is 1. The number of nitrogens with zero attached hydrogens (tertiary/aromatic N) is 5. The molecule has 3 rings (SSSR count). The molecule has 0 bridgehead atoms. The molecule has 7 nitrogen and oxygen atoms in total. The zero-order chi connectivity index (χ0) is 15.5. The zero-order valence-corrected chi connectivity index (χ0v) is 12.6. The van der Waals surface area contributed by atoms with Crippen LogP contribution in [-0.4, -0.2) is 32.7 Å². The highest BCUT2D eigenvalue weighted by atomic mass is 32.1. The number of anilines is 1. The number of hydrogen-bond acceptors (Lipinski definition) is 5. The summed E-state index contributed by atoms with van der Waals surface area (Å²) in [5.74, 6) is -0.244. The molecule has 0 atom stereocenters. The third-order valence-electron chi connectivity index (χ3n) is 3.16. The number of tetrazole rings is 1. The van der Waals surface area contributed by atoms with E-state index >= 15 is 0 Å². The molecule has 0 spiro atoms. The molecule has 0 unspecified atom stereocenters. The van der Waals surface area contributed by atoms with Gasteiger partial charge >= 0.3 is 5.69 Å². The number of amides is 1. The summed E-state index contributed by atoms with van der Waals surface area (Å²) in [5.41, 5.74) is 0.323. The number of para-hydroxylation sites is 1. The molecule has 0 aliphatic rings. The normalized spacial score (nSPS) is 10.6. The predicted octanol–water partition coefficient (Wildman–Crippen LogP) is 1.15. The Hall–Kier alpha value is -2.74. The van der Waals surface area contributed by atoms with Crippen molar-refractivity contribution in [1.29, 1.82) is 0 Å². The van der Waals surface area contributed by atoms with E-state index in [9.17, 15) is 9.59 Å². The van der Waals surface area contributed by atoms with E-state index in [1.165, 1.54) is 20.9 Å². The van der Waals surface area contributed by atoms with Crippen molar-refractivity contribution in [1.82, 2.24) is 19.8 Å². The van der Waals surface area contributed by atoms with Crippen LogP contribution in [0.4, 0.5) is 5.69 Å². The Kier molecular flexibility index (Phi) is 3.84. The van der Waals surface area contributed by atoms with Gasteiger partial charge in [-0.05, 0) is 40.1 Å². The van der Waals surface area contributed by atoms with E-state index < -0.39 is 5.69 Å². The molecule has 22 heavy (non-hydrogen) atoms. The lowest BCUT2D eigenvalue weighted by Crippen LogP contribution is -2.34. The molecule has 0 aliphatic heterocycles. The van der Waals surface area contributed by atoms with E-state index in [0.717, 1.165) is 10.4 Å². The molecule has 2 aromatic heterocycles. The molecular formula is C14H13N5O2S. The lowest BCUT2D eigenvalue weighted by Gasteiger charge is -2.16. The highest BCUT2D eigenvalue weighted by Crippen LogP contribution is 2.12. The average Bonchev–Trinajstić information content (AvgIpc) is 3.18. The molecule has 8 heteroatoms.